The van der Waals surface area contributed by atoms with Crippen molar-refractivity contribution in [3.8, 4) is 57.7 Å². The van der Waals surface area contributed by atoms with Crippen molar-refractivity contribution in [3.63, 3.8) is 0 Å². The van der Waals surface area contributed by atoms with Gasteiger partial charge in [-0.3, -0.25) is 0 Å². The number of rotatable bonds is 30. The van der Waals surface area contributed by atoms with Gasteiger partial charge in [-0.05, 0) is 36.4 Å². The Balaban J connectivity index is 1.76. The summed E-state index contributed by atoms with van der Waals surface area (Å²) in [5, 5.41) is 19.4. The molecule has 0 aliphatic rings. The molecular weight excluding hydrogens is 756 g/mol. The summed E-state index contributed by atoms with van der Waals surface area (Å²) in [7, 11) is 6.42. The molecule has 0 aliphatic carbocycles. The van der Waals surface area contributed by atoms with Gasteiger partial charge in [0.1, 0.15) is 38.6 Å². The maximum absolute atomic E-state index is 9.71. The molecule has 0 spiro atoms. The topological polar surface area (TPSA) is 210 Å². The lowest BCUT2D eigenvalue weighted by atomic mass is 10.0. The third-order valence-electron chi connectivity index (χ3n) is 7.83. The van der Waals surface area contributed by atoms with Gasteiger partial charge >= 0.3 is 0 Å². The van der Waals surface area contributed by atoms with Crippen LogP contribution in [-0.4, -0.2) is 154 Å². The minimum absolute atomic E-state index is 0.0648. The van der Waals surface area contributed by atoms with Crippen LogP contribution in [0, 0.1) is 22.7 Å². The molecule has 0 N–H and O–H groups in total. The lowest BCUT2D eigenvalue weighted by Gasteiger charge is -2.17. The standard InChI is InChI=1S/C40H50N6O12/c1-47-9-13-51-17-21-55-33-7-5-29(25-35(33)57-23-19-53-15-11-49-3)37-38(46-40-39(45-37)43-31(27-41)32(28-42)44-40)30-6-8-34(56-22-18-52-14-10-48-2)36(26-30)58-24-20-54-16-12-50-4/h5-8,25-26H,9-24H2,1-4H3. The van der Waals surface area contributed by atoms with Crippen molar-refractivity contribution in [1.29, 1.82) is 10.5 Å². The normalized spacial score (nSPS) is 11.0. The average molecular weight is 807 g/mol. The SMILES string of the molecule is COCCOCCOc1ccc(-c2nc3nc(C#N)c(C#N)nc3nc2-c2ccc(OCCOCCOC)c(OCCOCCOC)c2)cc1OCCOCCOC. The van der Waals surface area contributed by atoms with Crippen molar-refractivity contribution in [2.24, 2.45) is 0 Å². The van der Waals surface area contributed by atoms with E-state index in [-0.39, 0.29) is 49.1 Å². The Morgan fingerprint density at radius 1 is 0.397 bits per heavy atom. The zero-order valence-electron chi connectivity index (χ0n) is 33.4. The molecule has 312 valence electrons. The number of hydrogen-bond donors (Lipinski definition) is 0. The van der Waals surface area contributed by atoms with Crippen molar-refractivity contribution in [2.75, 3.05) is 134 Å². The van der Waals surface area contributed by atoms with Gasteiger partial charge in [0.05, 0.1) is 90.7 Å². The Morgan fingerprint density at radius 2 is 0.707 bits per heavy atom. The van der Waals surface area contributed by atoms with E-state index < -0.39 is 0 Å². The summed E-state index contributed by atoms with van der Waals surface area (Å²) in [6.07, 6.45) is 0. The van der Waals surface area contributed by atoms with Crippen molar-refractivity contribution in [1.82, 2.24) is 19.9 Å². The smallest absolute Gasteiger partial charge is 0.199 e. The minimum Gasteiger partial charge on any atom is -0.487 e. The lowest BCUT2D eigenvalue weighted by molar-refractivity contribution is 0.0499. The highest BCUT2D eigenvalue weighted by atomic mass is 16.6. The fourth-order valence-corrected chi connectivity index (χ4v) is 5.04. The number of nitriles is 2. The third-order valence-corrected chi connectivity index (χ3v) is 7.83. The Bertz CT molecular complexity index is 1790. The molecule has 0 radical (unpaired) electrons. The van der Waals surface area contributed by atoms with Crippen LogP contribution in [0.3, 0.4) is 0 Å². The van der Waals surface area contributed by atoms with Gasteiger partial charge in [0.15, 0.2) is 45.7 Å². The van der Waals surface area contributed by atoms with Crippen LogP contribution >= 0.6 is 0 Å². The summed E-state index contributed by atoms with van der Waals surface area (Å²) in [5.74, 6) is 1.76. The van der Waals surface area contributed by atoms with E-state index in [1.807, 2.05) is 12.1 Å². The van der Waals surface area contributed by atoms with E-state index in [2.05, 4.69) is 9.97 Å². The van der Waals surface area contributed by atoms with Gasteiger partial charge in [-0.1, -0.05) is 0 Å². The first kappa shape index (κ1) is 45.4. The van der Waals surface area contributed by atoms with Crippen molar-refractivity contribution < 1.29 is 56.8 Å². The third kappa shape index (κ3) is 14.6. The molecule has 0 saturated carbocycles. The summed E-state index contributed by atoms with van der Waals surface area (Å²) in [6, 6.07) is 14.5. The maximum Gasteiger partial charge on any atom is 0.199 e. The Labute approximate surface area is 337 Å². The highest BCUT2D eigenvalue weighted by Crippen LogP contribution is 2.39. The fourth-order valence-electron chi connectivity index (χ4n) is 5.04. The van der Waals surface area contributed by atoms with Gasteiger partial charge in [-0.2, -0.15) is 10.5 Å². The molecular formula is C40H50N6O12. The maximum atomic E-state index is 9.71. The first-order chi connectivity index (χ1) is 28.6. The second-order valence-electron chi connectivity index (χ2n) is 11.9. The van der Waals surface area contributed by atoms with E-state index in [0.29, 0.717) is 125 Å². The number of methoxy groups -OCH3 is 4. The molecule has 58 heavy (non-hydrogen) atoms. The molecule has 2 aromatic carbocycles. The fraction of sp³-hybridized carbons (Fsp3) is 0.500. The van der Waals surface area contributed by atoms with E-state index in [1.54, 1.807) is 64.8 Å². The average Bonchev–Trinajstić information content (AvgIpc) is 3.25. The molecule has 0 atom stereocenters. The van der Waals surface area contributed by atoms with Gasteiger partial charge in [0.25, 0.3) is 0 Å². The number of ether oxygens (including phenoxy) is 12. The van der Waals surface area contributed by atoms with Crippen LogP contribution in [0.5, 0.6) is 23.0 Å². The molecule has 0 aliphatic heterocycles. The molecule has 18 heteroatoms. The first-order valence-electron chi connectivity index (χ1n) is 18.5. The number of nitrogens with zero attached hydrogens (tertiary/aromatic N) is 6. The van der Waals surface area contributed by atoms with Crippen LogP contribution in [-0.2, 0) is 37.9 Å². The summed E-state index contributed by atoms with van der Waals surface area (Å²) in [5.41, 5.74) is 1.69. The van der Waals surface area contributed by atoms with Crippen LogP contribution in [0.25, 0.3) is 33.8 Å². The molecule has 0 saturated heterocycles. The highest BCUT2D eigenvalue weighted by molar-refractivity contribution is 5.85. The molecule has 0 fully saturated rings. The summed E-state index contributed by atoms with van der Waals surface area (Å²) in [4.78, 5) is 18.4. The highest BCUT2D eigenvalue weighted by Gasteiger charge is 2.21. The number of fused-ring (bicyclic) bond motifs is 1. The number of hydrogen-bond acceptors (Lipinski definition) is 18. The predicted molar refractivity (Wildman–Crippen MR) is 208 cm³/mol. The minimum atomic E-state index is -0.173. The lowest BCUT2D eigenvalue weighted by Crippen LogP contribution is -2.13. The zero-order chi connectivity index (χ0) is 41.2. The van der Waals surface area contributed by atoms with Gasteiger partial charge < -0.3 is 56.8 Å². The van der Waals surface area contributed by atoms with Gasteiger partial charge in [-0.15, -0.1) is 0 Å². The van der Waals surface area contributed by atoms with Crippen molar-refractivity contribution in [2.45, 2.75) is 0 Å². The summed E-state index contributed by atoms with van der Waals surface area (Å²) >= 11 is 0. The van der Waals surface area contributed by atoms with Crippen LogP contribution in [0.15, 0.2) is 36.4 Å². The quantitative estimate of drug-likeness (QED) is 0.0688. The zero-order valence-corrected chi connectivity index (χ0v) is 33.4. The molecule has 18 nitrogen and oxygen atoms in total. The van der Waals surface area contributed by atoms with Crippen LogP contribution < -0.4 is 18.9 Å². The number of benzene rings is 2. The Hall–Kier alpha value is -5.28. The predicted octanol–water partition coefficient (Wildman–Crippen LogP) is 3.66. The molecule has 0 unspecified atom stereocenters. The Morgan fingerprint density at radius 3 is 1.02 bits per heavy atom. The molecule has 4 rings (SSSR count). The molecule has 0 bridgehead atoms. The van der Waals surface area contributed by atoms with E-state index in [4.69, 9.17) is 66.8 Å². The van der Waals surface area contributed by atoms with Crippen LogP contribution in [0.4, 0.5) is 0 Å². The largest absolute Gasteiger partial charge is 0.487 e. The monoisotopic (exact) mass is 806 g/mol. The van der Waals surface area contributed by atoms with E-state index in [9.17, 15) is 10.5 Å². The molecule has 0 amide bonds. The van der Waals surface area contributed by atoms with Gasteiger partial charge in [-0.25, -0.2) is 19.9 Å². The van der Waals surface area contributed by atoms with E-state index >= 15 is 0 Å². The second-order valence-corrected chi connectivity index (χ2v) is 11.9. The van der Waals surface area contributed by atoms with Gasteiger partial charge in [0, 0.05) is 39.6 Å². The Kier molecular flexibility index (Phi) is 20.8. The van der Waals surface area contributed by atoms with E-state index in [1.165, 1.54) is 0 Å². The van der Waals surface area contributed by atoms with Crippen molar-refractivity contribution in [3.05, 3.63) is 47.8 Å². The molecule has 2 aromatic heterocycles. The van der Waals surface area contributed by atoms with Crippen molar-refractivity contribution >= 4 is 11.3 Å². The summed E-state index contributed by atoms with van der Waals surface area (Å²) < 4.78 is 67.1. The first-order valence-corrected chi connectivity index (χ1v) is 18.5. The van der Waals surface area contributed by atoms with E-state index in [0.717, 1.165) is 0 Å². The molecule has 2 heterocycles. The summed E-state index contributed by atoms with van der Waals surface area (Å²) in [6.45, 7) is 5.74. The van der Waals surface area contributed by atoms with Crippen LogP contribution in [0.2, 0.25) is 0 Å². The molecule has 4 aromatic rings. The van der Waals surface area contributed by atoms with Gasteiger partial charge in [0.2, 0.25) is 0 Å². The second kappa shape index (κ2) is 26.6. The number of aromatic nitrogens is 4. The van der Waals surface area contributed by atoms with Crippen LogP contribution in [0.1, 0.15) is 11.4 Å².